The molecule has 3 nitrogen and oxygen atoms in total. The smallest absolute Gasteiger partial charge is 0.410 e. The van der Waals surface area contributed by atoms with Crippen LogP contribution >= 0.6 is 0 Å². The van der Waals surface area contributed by atoms with Crippen molar-refractivity contribution < 1.29 is 27.1 Å². The van der Waals surface area contributed by atoms with Gasteiger partial charge in [-0.1, -0.05) is 54.6 Å². The number of halogens is 4. The molecule has 3 aromatic carbocycles. The minimum absolute atomic E-state index is 0.0849. The maximum atomic E-state index is 14.4. The summed E-state index contributed by atoms with van der Waals surface area (Å²) in [5, 5.41) is 0. The highest BCUT2D eigenvalue weighted by Gasteiger charge is 2.42. The third-order valence-corrected chi connectivity index (χ3v) is 7.38. The van der Waals surface area contributed by atoms with E-state index in [0.717, 1.165) is 22.3 Å². The molecule has 2 atom stereocenters. The molecule has 1 amide bonds. The highest BCUT2D eigenvalue weighted by molar-refractivity contribution is 5.79. The second-order valence-corrected chi connectivity index (χ2v) is 9.25. The molecule has 0 radical (unpaired) electrons. The molecular weight excluding hydrogens is 458 g/mol. The molecule has 2 bridgehead atoms. The van der Waals surface area contributed by atoms with Gasteiger partial charge in [0.25, 0.3) is 0 Å². The Morgan fingerprint density at radius 2 is 1.49 bits per heavy atom. The molecule has 1 saturated heterocycles. The minimum atomic E-state index is -1.44. The van der Waals surface area contributed by atoms with Gasteiger partial charge in [-0.05, 0) is 47.1 Å². The van der Waals surface area contributed by atoms with Crippen LogP contribution in [0.2, 0.25) is 0 Å². The number of nitrogens with zero attached hydrogens (tertiary/aromatic N) is 1. The maximum Gasteiger partial charge on any atom is 0.410 e. The zero-order valence-electron chi connectivity index (χ0n) is 18.6. The summed E-state index contributed by atoms with van der Waals surface area (Å²) >= 11 is 0. The fourth-order valence-corrected chi connectivity index (χ4v) is 5.82. The molecule has 7 heteroatoms. The van der Waals surface area contributed by atoms with Crippen LogP contribution in [0.1, 0.15) is 41.9 Å². The molecule has 2 unspecified atom stereocenters. The van der Waals surface area contributed by atoms with E-state index in [1.165, 1.54) is 6.08 Å². The zero-order valence-corrected chi connectivity index (χ0v) is 18.6. The summed E-state index contributed by atoms with van der Waals surface area (Å²) in [6, 6.07) is 15.5. The largest absolute Gasteiger partial charge is 0.448 e. The van der Waals surface area contributed by atoms with E-state index < -0.39 is 41.0 Å². The van der Waals surface area contributed by atoms with Crippen LogP contribution in [0.3, 0.4) is 0 Å². The van der Waals surface area contributed by atoms with Gasteiger partial charge in [0, 0.05) is 18.0 Å². The maximum absolute atomic E-state index is 14.4. The van der Waals surface area contributed by atoms with Crippen LogP contribution in [0.4, 0.5) is 22.4 Å². The average molecular weight is 479 g/mol. The Labute approximate surface area is 199 Å². The molecule has 6 rings (SSSR count). The van der Waals surface area contributed by atoms with E-state index in [-0.39, 0.29) is 36.6 Å². The van der Waals surface area contributed by atoms with Crippen LogP contribution in [-0.2, 0) is 4.74 Å². The molecule has 0 aromatic heterocycles. The van der Waals surface area contributed by atoms with Gasteiger partial charge < -0.3 is 4.74 Å². The summed E-state index contributed by atoms with van der Waals surface area (Å²) in [6.07, 6.45) is 2.32. The van der Waals surface area contributed by atoms with Gasteiger partial charge in [-0.15, -0.1) is 0 Å². The Hall–Kier alpha value is -3.61. The molecule has 2 aliphatic heterocycles. The molecule has 3 aromatic rings. The second kappa shape index (κ2) is 8.26. The molecule has 0 saturated carbocycles. The second-order valence-electron chi connectivity index (χ2n) is 9.25. The summed E-state index contributed by atoms with van der Waals surface area (Å²) in [5.41, 5.74) is 3.94. The van der Waals surface area contributed by atoms with E-state index in [1.54, 1.807) is 4.90 Å². The predicted molar refractivity (Wildman–Crippen MR) is 123 cm³/mol. The van der Waals surface area contributed by atoms with E-state index >= 15 is 0 Å². The molecule has 2 heterocycles. The summed E-state index contributed by atoms with van der Waals surface area (Å²) in [4.78, 5) is 14.7. The number of amides is 1. The van der Waals surface area contributed by atoms with Gasteiger partial charge in [0.05, 0.1) is 11.6 Å². The molecule has 3 aliphatic rings. The van der Waals surface area contributed by atoms with Crippen molar-refractivity contribution in [3.63, 3.8) is 0 Å². The number of ether oxygens (including phenoxy) is 1. The summed E-state index contributed by atoms with van der Waals surface area (Å²) in [5.74, 6) is -5.79. The van der Waals surface area contributed by atoms with Gasteiger partial charge >= 0.3 is 6.09 Å². The molecule has 35 heavy (non-hydrogen) atoms. The van der Waals surface area contributed by atoms with Crippen molar-refractivity contribution in [1.82, 2.24) is 4.90 Å². The first-order valence-corrected chi connectivity index (χ1v) is 11.6. The summed E-state index contributed by atoms with van der Waals surface area (Å²) in [6.45, 7) is 0.164. The highest BCUT2D eigenvalue weighted by Crippen LogP contribution is 2.45. The molecule has 178 valence electrons. The van der Waals surface area contributed by atoms with Crippen LogP contribution in [-0.4, -0.2) is 29.7 Å². The number of benzene rings is 3. The molecule has 0 N–H and O–H groups in total. The molecule has 0 spiro atoms. The number of carbonyl (C=O) groups excluding carboxylic acids is 1. The third kappa shape index (κ3) is 3.44. The van der Waals surface area contributed by atoms with E-state index in [0.29, 0.717) is 12.8 Å². The fraction of sp³-hybridized carbons (Fsp3) is 0.250. The molecule has 1 fully saturated rings. The van der Waals surface area contributed by atoms with Gasteiger partial charge in [-0.2, -0.15) is 0 Å². The third-order valence-electron chi connectivity index (χ3n) is 7.38. The first kappa shape index (κ1) is 21.9. The average Bonchev–Trinajstić information content (AvgIpc) is 3.32. The van der Waals surface area contributed by atoms with Crippen LogP contribution in [0.25, 0.3) is 16.7 Å². The van der Waals surface area contributed by atoms with Gasteiger partial charge in [0.2, 0.25) is 0 Å². The van der Waals surface area contributed by atoms with Crippen LogP contribution in [0.15, 0.2) is 60.7 Å². The van der Waals surface area contributed by atoms with Gasteiger partial charge in [-0.25, -0.2) is 22.4 Å². The SMILES string of the molecule is O=C(OCC1c2ccccc2-c2ccccc21)N1C2C=C(c3c(F)c(F)cc(F)c3F)CC1CC2. The number of hydrogen-bond acceptors (Lipinski definition) is 2. The number of hydrogen-bond donors (Lipinski definition) is 0. The monoisotopic (exact) mass is 479 g/mol. The van der Waals surface area contributed by atoms with Crippen molar-refractivity contribution in [2.45, 2.75) is 37.3 Å². The lowest BCUT2D eigenvalue weighted by Crippen LogP contribution is -2.43. The van der Waals surface area contributed by atoms with Crippen molar-refractivity contribution in [3.8, 4) is 11.1 Å². The van der Waals surface area contributed by atoms with E-state index in [4.69, 9.17) is 4.74 Å². The Balaban J connectivity index is 1.23. The Bertz CT molecular complexity index is 1310. The normalized spacial score (nSPS) is 20.5. The van der Waals surface area contributed by atoms with Crippen molar-refractivity contribution in [3.05, 3.63) is 101 Å². The number of rotatable bonds is 3. The lowest BCUT2D eigenvalue weighted by molar-refractivity contribution is 0.0866. The topological polar surface area (TPSA) is 29.5 Å². The number of fused-ring (bicyclic) bond motifs is 5. The van der Waals surface area contributed by atoms with E-state index in [9.17, 15) is 22.4 Å². The van der Waals surface area contributed by atoms with Crippen LogP contribution in [0.5, 0.6) is 0 Å². The predicted octanol–water partition coefficient (Wildman–Crippen LogP) is 6.81. The standard InChI is InChI=1S/C28H21F4NO2/c29-23-13-24(30)27(32)25(26(23)31)15-11-16-9-10-17(12-15)33(16)28(34)35-14-22-20-7-3-1-5-18(20)19-6-2-4-8-21(19)22/h1-8,11,13,16-17,22H,9-10,12,14H2. The lowest BCUT2D eigenvalue weighted by atomic mass is 9.94. The Morgan fingerprint density at radius 3 is 2.09 bits per heavy atom. The Morgan fingerprint density at radius 1 is 0.886 bits per heavy atom. The molecule has 1 aliphatic carbocycles. The van der Waals surface area contributed by atoms with Crippen molar-refractivity contribution in [2.75, 3.05) is 6.61 Å². The van der Waals surface area contributed by atoms with Crippen LogP contribution in [0, 0.1) is 23.3 Å². The Kier molecular flexibility index (Phi) is 5.16. The fourth-order valence-electron chi connectivity index (χ4n) is 5.82. The van der Waals surface area contributed by atoms with Crippen molar-refractivity contribution >= 4 is 11.7 Å². The van der Waals surface area contributed by atoms with Crippen molar-refractivity contribution in [2.24, 2.45) is 0 Å². The first-order valence-electron chi connectivity index (χ1n) is 11.6. The highest BCUT2D eigenvalue weighted by atomic mass is 19.2. The lowest BCUT2D eigenvalue weighted by Gasteiger charge is -2.33. The van der Waals surface area contributed by atoms with E-state index in [2.05, 4.69) is 12.1 Å². The summed E-state index contributed by atoms with van der Waals surface area (Å²) < 4.78 is 62.0. The summed E-state index contributed by atoms with van der Waals surface area (Å²) in [7, 11) is 0. The quantitative estimate of drug-likeness (QED) is 0.305. The van der Waals surface area contributed by atoms with E-state index in [1.807, 2.05) is 36.4 Å². The van der Waals surface area contributed by atoms with Crippen molar-refractivity contribution in [1.29, 1.82) is 0 Å². The van der Waals surface area contributed by atoms with Crippen LogP contribution < -0.4 is 0 Å². The van der Waals surface area contributed by atoms with Gasteiger partial charge in [0.15, 0.2) is 23.3 Å². The number of carbonyl (C=O) groups is 1. The van der Waals surface area contributed by atoms with Gasteiger partial charge in [-0.3, -0.25) is 4.90 Å². The first-order chi connectivity index (χ1) is 16.9. The van der Waals surface area contributed by atoms with Gasteiger partial charge in [0.1, 0.15) is 6.61 Å². The molecular formula is C28H21F4NO2. The zero-order chi connectivity index (χ0) is 24.3. The minimum Gasteiger partial charge on any atom is -0.448 e.